The monoisotopic (exact) mass is 348 g/mol. The average Bonchev–Trinajstić information content (AvgIpc) is 2.58. The number of methoxy groups -OCH3 is 1. The van der Waals surface area contributed by atoms with Gasteiger partial charge in [-0.25, -0.2) is 4.79 Å². The third-order valence-electron chi connectivity index (χ3n) is 3.91. The van der Waals surface area contributed by atoms with E-state index in [1.54, 1.807) is 0 Å². The van der Waals surface area contributed by atoms with Crippen molar-refractivity contribution in [3.63, 3.8) is 0 Å². The number of carbonyl (C=O) groups excluding carboxylic acids is 2. The molecule has 0 radical (unpaired) electrons. The quantitative estimate of drug-likeness (QED) is 0.756. The highest BCUT2D eigenvalue weighted by molar-refractivity contribution is 8.00. The Labute approximate surface area is 142 Å². The van der Waals surface area contributed by atoms with E-state index in [1.807, 2.05) is 30.3 Å². The molecule has 2 aliphatic rings. The van der Waals surface area contributed by atoms with Crippen molar-refractivity contribution in [3.8, 4) is 0 Å². The number of aliphatic carboxylic acids is 1. The molecule has 1 unspecified atom stereocenters. The van der Waals surface area contributed by atoms with E-state index in [9.17, 15) is 19.5 Å². The second-order valence-corrected chi connectivity index (χ2v) is 6.50. The number of hydrogen-bond acceptors (Lipinski definition) is 5. The van der Waals surface area contributed by atoms with Gasteiger partial charge >= 0.3 is 5.97 Å². The smallest absolute Gasteiger partial charge is 0.356 e. The molecule has 1 fully saturated rings. The van der Waals surface area contributed by atoms with Crippen molar-refractivity contribution in [3.05, 3.63) is 47.4 Å². The van der Waals surface area contributed by atoms with E-state index in [1.165, 1.54) is 23.8 Å². The van der Waals surface area contributed by atoms with Crippen LogP contribution >= 0.6 is 11.8 Å². The van der Waals surface area contributed by atoms with Crippen molar-refractivity contribution in [2.75, 3.05) is 12.9 Å². The maximum atomic E-state index is 12.3. The van der Waals surface area contributed by atoms with Crippen LogP contribution < -0.4 is 5.32 Å². The second kappa shape index (κ2) is 6.56. The van der Waals surface area contributed by atoms with Crippen LogP contribution in [0.3, 0.4) is 0 Å². The minimum absolute atomic E-state index is 0.139. The molecule has 2 atom stereocenters. The highest BCUT2D eigenvalue weighted by Crippen LogP contribution is 2.40. The number of β-lactam (4-membered cyclic amide) rings is 1. The maximum absolute atomic E-state index is 12.3. The first-order valence-electron chi connectivity index (χ1n) is 7.31. The molecule has 24 heavy (non-hydrogen) atoms. The number of carboxylic acid groups (broad SMARTS) is 1. The number of carbonyl (C=O) groups is 3. The summed E-state index contributed by atoms with van der Waals surface area (Å²) in [7, 11) is 1.38. The normalized spacial score (nSPS) is 22.5. The number of carboxylic acids is 1. The maximum Gasteiger partial charge on any atom is 0.356 e. The van der Waals surface area contributed by atoms with E-state index >= 15 is 0 Å². The molecule has 1 aromatic carbocycles. The number of benzene rings is 1. The van der Waals surface area contributed by atoms with Crippen molar-refractivity contribution in [1.29, 1.82) is 0 Å². The van der Waals surface area contributed by atoms with Gasteiger partial charge in [-0.3, -0.25) is 14.5 Å². The highest BCUT2D eigenvalue weighted by Gasteiger charge is 2.54. The van der Waals surface area contributed by atoms with Crippen LogP contribution in [0.4, 0.5) is 0 Å². The van der Waals surface area contributed by atoms with Gasteiger partial charge in [-0.05, 0) is 5.56 Å². The van der Waals surface area contributed by atoms with Gasteiger partial charge in [0.2, 0.25) is 5.91 Å². The van der Waals surface area contributed by atoms with Gasteiger partial charge in [-0.15, -0.1) is 11.8 Å². The van der Waals surface area contributed by atoms with Gasteiger partial charge in [-0.1, -0.05) is 30.3 Å². The predicted octanol–water partition coefficient (Wildman–Crippen LogP) is 0.572. The Morgan fingerprint density at radius 2 is 2.08 bits per heavy atom. The number of hydrogen-bond donors (Lipinski definition) is 2. The summed E-state index contributed by atoms with van der Waals surface area (Å²) < 4.78 is 5.06. The van der Waals surface area contributed by atoms with Crippen LogP contribution in [-0.4, -0.2) is 52.1 Å². The van der Waals surface area contributed by atoms with Gasteiger partial charge in [0.05, 0.1) is 19.3 Å². The number of nitrogens with one attached hydrogen (secondary N) is 1. The zero-order chi connectivity index (χ0) is 17.3. The van der Waals surface area contributed by atoms with E-state index in [0.29, 0.717) is 5.75 Å². The van der Waals surface area contributed by atoms with E-state index in [4.69, 9.17) is 4.74 Å². The number of ether oxygens (including phenoxy) is 1. The minimum atomic E-state index is -1.21. The zero-order valence-corrected chi connectivity index (χ0v) is 13.7. The molecule has 7 nitrogen and oxygen atoms in total. The number of fused-ring (bicyclic) bond motifs is 1. The molecule has 2 amide bonds. The van der Waals surface area contributed by atoms with Crippen molar-refractivity contribution < 1.29 is 24.2 Å². The summed E-state index contributed by atoms with van der Waals surface area (Å²) in [6.07, 6.45) is 0.174. The van der Waals surface area contributed by atoms with Gasteiger partial charge in [0.15, 0.2) is 5.70 Å². The number of thioether (sulfide) groups is 1. The third kappa shape index (κ3) is 2.84. The Morgan fingerprint density at radius 1 is 1.38 bits per heavy atom. The molecular formula is C16H16N2O5S. The topological polar surface area (TPSA) is 95.9 Å². The van der Waals surface area contributed by atoms with Crippen LogP contribution in [0.1, 0.15) is 5.56 Å². The van der Waals surface area contributed by atoms with Crippen LogP contribution in [0.25, 0.3) is 0 Å². The van der Waals surface area contributed by atoms with E-state index in [0.717, 1.165) is 5.56 Å². The van der Waals surface area contributed by atoms with Crippen molar-refractivity contribution in [1.82, 2.24) is 10.2 Å². The summed E-state index contributed by atoms with van der Waals surface area (Å²) in [4.78, 5) is 37.0. The molecule has 0 aliphatic carbocycles. The third-order valence-corrected chi connectivity index (χ3v) is 5.16. The van der Waals surface area contributed by atoms with Crippen molar-refractivity contribution >= 4 is 29.5 Å². The lowest BCUT2D eigenvalue weighted by atomic mass is 10.0. The standard InChI is InChI=1S/C16H16N2O5S/c1-23-10-8-24-15-12(14(20)18(15)13(10)16(21)22)17-11(19)7-9-5-3-2-4-6-9/h2-6,12,15H,7-8H2,1H3,(H,17,19)(H,21,22)/t12?,15-/m0/s1. The molecular weight excluding hydrogens is 332 g/mol. The predicted molar refractivity (Wildman–Crippen MR) is 86.8 cm³/mol. The Balaban J connectivity index is 1.69. The largest absolute Gasteiger partial charge is 0.498 e. The van der Waals surface area contributed by atoms with E-state index in [-0.39, 0.29) is 23.8 Å². The van der Waals surface area contributed by atoms with Crippen LogP contribution in [-0.2, 0) is 25.5 Å². The Bertz CT molecular complexity index is 718. The average molecular weight is 348 g/mol. The zero-order valence-electron chi connectivity index (χ0n) is 12.9. The molecule has 2 aliphatic heterocycles. The molecule has 126 valence electrons. The Morgan fingerprint density at radius 3 is 2.71 bits per heavy atom. The molecule has 0 bridgehead atoms. The molecule has 0 saturated carbocycles. The molecule has 1 saturated heterocycles. The molecule has 0 aromatic heterocycles. The molecule has 3 rings (SSSR count). The van der Waals surface area contributed by atoms with Crippen LogP contribution in [0.15, 0.2) is 41.8 Å². The molecule has 8 heteroatoms. The fraction of sp³-hybridized carbons (Fsp3) is 0.312. The first-order valence-corrected chi connectivity index (χ1v) is 8.36. The fourth-order valence-electron chi connectivity index (χ4n) is 2.75. The Kier molecular flexibility index (Phi) is 4.48. The summed E-state index contributed by atoms with van der Waals surface area (Å²) in [5.41, 5.74) is 0.711. The SMILES string of the molecule is COC1=C(C(=O)O)N2C(=O)C(NC(=O)Cc3ccccc3)[C@@H]2SC1. The van der Waals surface area contributed by atoms with Crippen LogP contribution in [0.5, 0.6) is 0 Å². The van der Waals surface area contributed by atoms with Gasteiger partial charge in [0, 0.05) is 0 Å². The van der Waals surface area contributed by atoms with Gasteiger partial charge in [0.1, 0.15) is 17.2 Å². The molecule has 2 heterocycles. The van der Waals surface area contributed by atoms with Crippen molar-refractivity contribution in [2.24, 2.45) is 0 Å². The Hall–Kier alpha value is -2.48. The minimum Gasteiger partial charge on any atom is -0.498 e. The van der Waals surface area contributed by atoms with Crippen molar-refractivity contribution in [2.45, 2.75) is 17.8 Å². The van der Waals surface area contributed by atoms with Gasteiger partial charge < -0.3 is 15.2 Å². The first kappa shape index (κ1) is 16.4. The highest BCUT2D eigenvalue weighted by atomic mass is 32.2. The lowest BCUT2D eigenvalue weighted by molar-refractivity contribution is -0.151. The number of nitrogens with zero attached hydrogens (tertiary/aromatic N) is 1. The summed E-state index contributed by atoms with van der Waals surface area (Å²) in [5, 5.41) is 11.6. The number of rotatable bonds is 5. The van der Waals surface area contributed by atoms with Gasteiger partial charge in [-0.2, -0.15) is 0 Å². The summed E-state index contributed by atoms with van der Waals surface area (Å²) in [6.45, 7) is 0. The van der Waals surface area contributed by atoms with E-state index < -0.39 is 23.3 Å². The summed E-state index contributed by atoms with van der Waals surface area (Å²) in [5.74, 6) is -1.30. The summed E-state index contributed by atoms with van der Waals surface area (Å²) in [6, 6.07) is 8.50. The molecule has 1 aromatic rings. The van der Waals surface area contributed by atoms with Gasteiger partial charge in [0.25, 0.3) is 5.91 Å². The molecule has 2 N–H and O–H groups in total. The first-order chi connectivity index (χ1) is 11.5. The lowest BCUT2D eigenvalue weighted by Gasteiger charge is -2.48. The van der Waals surface area contributed by atoms with Crippen LogP contribution in [0, 0.1) is 0 Å². The van der Waals surface area contributed by atoms with E-state index in [2.05, 4.69) is 5.32 Å². The fourth-order valence-corrected chi connectivity index (χ4v) is 4.06. The number of amides is 2. The second-order valence-electron chi connectivity index (χ2n) is 5.40. The summed E-state index contributed by atoms with van der Waals surface area (Å²) >= 11 is 1.37. The molecule has 0 spiro atoms. The lowest BCUT2D eigenvalue weighted by Crippen LogP contribution is -2.70. The van der Waals surface area contributed by atoms with Crippen LogP contribution in [0.2, 0.25) is 0 Å².